The SMILES string of the molecule is CCCN1CCOc2ccc(C(=O)NCc3ccccc3F)cc2C1. The molecule has 0 radical (unpaired) electrons. The summed E-state index contributed by atoms with van der Waals surface area (Å²) >= 11 is 0. The van der Waals surface area contributed by atoms with Crippen LogP contribution in [-0.4, -0.2) is 30.5 Å². The maximum absolute atomic E-state index is 13.7. The second kappa shape index (κ2) is 8.12. The third-order valence-corrected chi connectivity index (χ3v) is 4.32. The van der Waals surface area contributed by atoms with Gasteiger partial charge in [-0.1, -0.05) is 25.1 Å². The van der Waals surface area contributed by atoms with Crippen LogP contribution < -0.4 is 10.1 Å². The van der Waals surface area contributed by atoms with Gasteiger partial charge in [-0.2, -0.15) is 0 Å². The second-order valence-electron chi connectivity index (χ2n) is 6.22. The number of halogens is 1. The average Bonchev–Trinajstić information content (AvgIpc) is 2.82. The Kier molecular flexibility index (Phi) is 5.66. The molecule has 2 aromatic carbocycles. The predicted molar refractivity (Wildman–Crippen MR) is 95.1 cm³/mol. The largest absolute Gasteiger partial charge is 0.492 e. The molecule has 0 bridgehead atoms. The Balaban J connectivity index is 1.70. The van der Waals surface area contributed by atoms with E-state index in [9.17, 15) is 9.18 Å². The lowest BCUT2D eigenvalue weighted by atomic mass is 10.1. The van der Waals surface area contributed by atoms with Gasteiger partial charge in [-0.3, -0.25) is 9.69 Å². The summed E-state index contributed by atoms with van der Waals surface area (Å²) in [5, 5.41) is 2.78. The lowest BCUT2D eigenvalue weighted by molar-refractivity contribution is 0.0950. The van der Waals surface area contributed by atoms with Crippen molar-refractivity contribution in [2.75, 3.05) is 19.7 Å². The molecule has 0 aromatic heterocycles. The van der Waals surface area contributed by atoms with Crippen molar-refractivity contribution in [1.82, 2.24) is 10.2 Å². The molecular weight excluding hydrogens is 319 g/mol. The van der Waals surface area contributed by atoms with Gasteiger partial charge in [-0.15, -0.1) is 0 Å². The number of carbonyl (C=O) groups excluding carboxylic acids is 1. The van der Waals surface area contributed by atoms with Crippen LogP contribution in [0.5, 0.6) is 5.75 Å². The summed E-state index contributed by atoms with van der Waals surface area (Å²) in [6, 6.07) is 11.9. The predicted octanol–water partition coefficient (Wildman–Crippen LogP) is 3.36. The minimum atomic E-state index is -0.312. The molecule has 0 unspecified atom stereocenters. The second-order valence-corrected chi connectivity index (χ2v) is 6.22. The molecule has 1 amide bonds. The van der Waals surface area contributed by atoms with Gasteiger partial charge in [0, 0.05) is 36.3 Å². The molecule has 1 N–H and O–H groups in total. The van der Waals surface area contributed by atoms with E-state index in [1.807, 2.05) is 12.1 Å². The lowest BCUT2D eigenvalue weighted by Crippen LogP contribution is -2.26. The van der Waals surface area contributed by atoms with Gasteiger partial charge in [0.15, 0.2) is 0 Å². The monoisotopic (exact) mass is 342 g/mol. The Bertz CT molecular complexity index is 748. The van der Waals surface area contributed by atoms with Gasteiger partial charge < -0.3 is 10.1 Å². The van der Waals surface area contributed by atoms with Crippen LogP contribution in [-0.2, 0) is 13.1 Å². The molecule has 0 spiro atoms. The summed E-state index contributed by atoms with van der Waals surface area (Å²) in [5.41, 5.74) is 2.06. The highest BCUT2D eigenvalue weighted by molar-refractivity contribution is 5.94. The van der Waals surface area contributed by atoms with Gasteiger partial charge in [0.25, 0.3) is 5.91 Å². The first-order chi connectivity index (χ1) is 12.2. The molecule has 4 nitrogen and oxygen atoms in total. The van der Waals surface area contributed by atoms with Crippen molar-refractivity contribution in [2.45, 2.75) is 26.4 Å². The van der Waals surface area contributed by atoms with E-state index < -0.39 is 0 Å². The Morgan fingerprint density at radius 2 is 2.12 bits per heavy atom. The number of benzene rings is 2. The number of nitrogens with zero attached hydrogens (tertiary/aromatic N) is 1. The Morgan fingerprint density at radius 1 is 1.28 bits per heavy atom. The summed E-state index contributed by atoms with van der Waals surface area (Å²) < 4.78 is 19.4. The zero-order valence-electron chi connectivity index (χ0n) is 14.4. The molecule has 25 heavy (non-hydrogen) atoms. The molecule has 5 heteroatoms. The van der Waals surface area contributed by atoms with Crippen LogP contribution in [0, 0.1) is 5.82 Å². The molecular formula is C20H23FN2O2. The molecule has 132 valence electrons. The van der Waals surface area contributed by atoms with Crippen molar-refractivity contribution >= 4 is 5.91 Å². The smallest absolute Gasteiger partial charge is 0.251 e. The number of hydrogen-bond donors (Lipinski definition) is 1. The van der Waals surface area contributed by atoms with Crippen LogP contribution in [0.15, 0.2) is 42.5 Å². The summed E-state index contributed by atoms with van der Waals surface area (Å²) in [6.45, 7) is 5.65. The molecule has 0 atom stereocenters. The highest BCUT2D eigenvalue weighted by Crippen LogP contribution is 2.24. The van der Waals surface area contributed by atoms with Crippen molar-refractivity contribution in [3.63, 3.8) is 0 Å². The quantitative estimate of drug-likeness (QED) is 0.906. The number of fused-ring (bicyclic) bond motifs is 1. The summed E-state index contributed by atoms with van der Waals surface area (Å²) in [6.07, 6.45) is 1.08. The molecule has 0 fully saturated rings. The van der Waals surface area contributed by atoms with Crippen molar-refractivity contribution in [3.8, 4) is 5.75 Å². The highest BCUT2D eigenvalue weighted by Gasteiger charge is 2.17. The van der Waals surface area contributed by atoms with Crippen molar-refractivity contribution in [3.05, 3.63) is 65.0 Å². The van der Waals surface area contributed by atoms with Gasteiger partial charge in [-0.05, 0) is 37.2 Å². The molecule has 1 aliphatic heterocycles. The van der Waals surface area contributed by atoms with Crippen molar-refractivity contribution < 1.29 is 13.9 Å². The summed E-state index contributed by atoms with van der Waals surface area (Å²) in [5.74, 6) is 0.315. The highest BCUT2D eigenvalue weighted by atomic mass is 19.1. The molecule has 3 rings (SSSR count). The fourth-order valence-corrected chi connectivity index (χ4v) is 3.02. The van der Waals surface area contributed by atoms with E-state index in [2.05, 4.69) is 17.1 Å². The normalized spacial score (nSPS) is 14.3. The molecule has 0 saturated heterocycles. The van der Waals surface area contributed by atoms with Crippen LogP contribution in [0.2, 0.25) is 0 Å². The van der Waals surface area contributed by atoms with Crippen LogP contribution in [0.3, 0.4) is 0 Å². The lowest BCUT2D eigenvalue weighted by Gasteiger charge is -2.18. The number of carbonyl (C=O) groups is 1. The van der Waals surface area contributed by atoms with Crippen LogP contribution in [0.1, 0.15) is 34.8 Å². The number of nitrogens with one attached hydrogen (secondary N) is 1. The van der Waals surface area contributed by atoms with Crippen LogP contribution >= 0.6 is 0 Å². The van der Waals surface area contributed by atoms with E-state index in [4.69, 9.17) is 4.74 Å². The van der Waals surface area contributed by atoms with Crippen molar-refractivity contribution in [1.29, 1.82) is 0 Å². The third-order valence-electron chi connectivity index (χ3n) is 4.32. The van der Waals surface area contributed by atoms with Crippen molar-refractivity contribution in [2.24, 2.45) is 0 Å². The summed E-state index contributed by atoms with van der Waals surface area (Å²) in [7, 11) is 0. The standard InChI is InChI=1S/C20H23FN2O2/c1-2-9-23-10-11-25-19-8-7-15(12-17(19)14-23)20(24)22-13-16-5-3-4-6-18(16)21/h3-8,12H,2,9-11,13-14H2,1H3,(H,22,24). The number of rotatable bonds is 5. The van der Waals surface area contributed by atoms with Gasteiger partial charge in [0.1, 0.15) is 18.2 Å². The Hall–Kier alpha value is -2.40. The third kappa shape index (κ3) is 4.37. The van der Waals surface area contributed by atoms with E-state index in [1.54, 1.807) is 24.3 Å². The number of amides is 1. The molecule has 2 aromatic rings. The van der Waals surface area contributed by atoms with E-state index in [0.717, 1.165) is 37.4 Å². The van der Waals surface area contributed by atoms with E-state index in [0.29, 0.717) is 17.7 Å². The maximum atomic E-state index is 13.7. The Labute approximate surface area is 147 Å². The maximum Gasteiger partial charge on any atom is 0.251 e. The first-order valence-electron chi connectivity index (χ1n) is 8.67. The zero-order chi connectivity index (χ0) is 17.6. The molecule has 0 aliphatic carbocycles. The van der Waals surface area contributed by atoms with Crippen LogP contribution in [0.25, 0.3) is 0 Å². The van der Waals surface area contributed by atoms with Gasteiger partial charge in [0.2, 0.25) is 0 Å². The summed E-state index contributed by atoms with van der Waals surface area (Å²) in [4.78, 5) is 14.7. The first kappa shape index (κ1) is 17.4. The topological polar surface area (TPSA) is 41.6 Å². The molecule has 0 saturated carbocycles. The zero-order valence-corrected chi connectivity index (χ0v) is 14.4. The minimum absolute atomic E-state index is 0.168. The van der Waals surface area contributed by atoms with Crippen LogP contribution in [0.4, 0.5) is 4.39 Å². The van der Waals surface area contributed by atoms with E-state index >= 15 is 0 Å². The number of ether oxygens (including phenoxy) is 1. The molecule has 1 aliphatic rings. The van der Waals surface area contributed by atoms with Gasteiger partial charge in [-0.25, -0.2) is 4.39 Å². The van der Waals surface area contributed by atoms with E-state index in [1.165, 1.54) is 6.07 Å². The number of hydrogen-bond acceptors (Lipinski definition) is 3. The minimum Gasteiger partial charge on any atom is -0.492 e. The average molecular weight is 342 g/mol. The fourth-order valence-electron chi connectivity index (χ4n) is 3.02. The van der Waals surface area contributed by atoms with Gasteiger partial charge >= 0.3 is 0 Å². The van der Waals surface area contributed by atoms with Gasteiger partial charge in [0.05, 0.1) is 0 Å². The Morgan fingerprint density at radius 3 is 2.92 bits per heavy atom. The molecule has 1 heterocycles. The van der Waals surface area contributed by atoms with E-state index in [-0.39, 0.29) is 18.3 Å². The fraction of sp³-hybridized carbons (Fsp3) is 0.350. The first-order valence-corrected chi connectivity index (χ1v) is 8.67.